The topological polar surface area (TPSA) is 852 Å². The highest BCUT2D eigenvalue weighted by Gasteiger charge is 2.62. The van der Waals surface area contributed by atoms with Crippen LogP contribution in [-0.2, 0) is 211 Å². The number of hydrogen-bond donors (Lipinski definition) is 9. The molecule has 0 bridgehead atoms. The lowest BCUT2D eigenvalue weighted by atomic mass is 9.87. The molecule has 0 radical (unpaired) electrons. The molecule has 62 nitrogen and oxygen atoms in total. The van der Waals surface area contributed by atoms with Crippen molar-refractivity contribution in [3.05, 3.63) is 31.3 Å². The van der Waals surface area contributed by atoms with Crippen molar-refractivity contribution in [3.8, 4) is 0 Å². The summed E-state index contributed by atoms with van der Waals surface area (Å²) in [5.74, 6) is -5.98. The second-order valence-electron chi connectivity index (χ2n) is 30.3. The molecule has 748 valence electrons. The van der Waals surface area contributed by atoms with Crippen LogP contribution in [0.3, 0.4) is 0 Å². The van der Waals surface area contributed by atoms with Crippen molar-refractivity contribution in [1.82, 2.24) is 5.32 Å². The maximum absolute atomic E-state index is 13.1. The van der Waals surface area contributed by atoms with E-state index in [1.165, 1.54) is 62.6 Å². The number of likely N-dealkylation sites (N-methyl/N-ethyl adjacent to an activating group) is 1. The predicted octanol–water partition coefficient (Wildman–Crippen LogP) is -1.90. The Labute approximate surface area is 739 Å². The van der Waals surface area contributed by atoms with Gasteiger partial charge in [0.05, 0.1) is 106 Å². The summed E-state index contributed by atoms with van der Waals surface area (Å²) in [6.45, 7) is 7.12. The van der Waals surface area contributed by atoms with Gasteiger partial charge in [0.15, 0.2) is 74.7 Å². The van der Waals surface area contributed by atoms with Crippen LogP contribution < -0.4 is 5.32 Å². The summed E-state index contributed by atoms with van der Waals surface area (Å²) in [6.07, 6.45) is -57.5. The highest BCUT2D eigenvalue weighted by atomic mass is 32.3. The number of methoxy groups -OCH3 is 5. The van der Waals surface area contributed by atoms with E-state index in [2.05, 4.69) is 43.8 Å². The van der Waals surface area contributed by atoms with Gasteiger partial charge in [-0.25, -0.2) is 33.5 Å². The molecule has 16 unspecified atom stereocenters. The van der Waals surface area contributed by atoms with Gasteiger partial charge in [0, 0.05) is 62.1 Å². The Morgan fingerprint density at radius 3 is 0.713 bits per heavy atom. The SMILES string of the molecule is CNC1[C@@H](OC)OC(COS(=O)(=O)O)[C@@H](O[C@@H]2OC(C)[C@@H](O[C@H]3OC(COS(=O)(=O)O)[C@@H](O[C@@H]4OC(C)[C@@H](O[C@@H]5OC(COS(=O)(=O)O)[C@@H](O[C@@H]6OC(C)[C@@H](O[C@H]7OC(COS(=O)(=O)O)[C@@H](O[C@@H]8OC(C)[C@@H](C)[C@@H](OC)C8OS(=O)(=O)O)[C@H](C)C7N=[N+]=[N-])[C@@H](OC)C6OS(=O)(=O)O)[C@H](C)C5N=[N+]=[N-])[C@@H](OC)C4OS(=O)(=O)O)[C@H](C)C3N=[N+]=[N-])[C@@H](OC)C2OS(=O)(=O)O)[C@@H]1C. The Morgan fingerprint density at radius 2 is 0.496 bits per heavy atom. The molecule has 70 heteroatoms. The fourth-order valence-electron chi connectivity index (χ4n) is 16.3. The molecular weight excluding hydrogens is 1940 g/mol. The molecule has 0 aromatic rings. The zero-order chi connectivity index (χ0) is 96.7. The second kappa shape index (κ2) is 45.6. The van der Waals surface area contributed by atoms with Gasteiger partial charge in [0.25, 0.3) is 0 Å². The number of nitrogens with one attached hydrogen (secondary N) is 1. The smallest absolute Gasteiger partial charge is 0.378 e. The molecule has 0 amide bonds. The minimum Gasteiger partial charge on any atom is -0.378 e. The minimum atomic E-state index is -5.82. The van der Waals surface area contributed by atoms with E-state index in [1.54, 1.807) is 13.8 Å². The monoisotopic (exact) mass is 2040 g/mol. The van der Waals surface area contributed by atoms with E-state index in [0.717, 1.165) is 28.4 Å². The van der Waals surface area contributed by atoms with Crippen LogP contribution in [0.25, 0.3) is 31.3 Å². The standard InChI is InChI=1S/C59H102N10O52S8/c1-20-25(6)103-56(48(41(20)94-11)118-126(82,83)84)112-38-22(3)34(64-67-60)53(108-30(38)17-100-123(73,74)75)116-43-27(8)105-58(50(46(43)96-13)120-128(88,89)90)114-40-24(5)36(66-69-62)55(110-32(40)19-102-125(79,80)81)117-44-28(9)106-59(51(47(44)97-14)121-129(91,92)93)113-39-23(4)35(65-68-61)54(109-31(39)18-101-124(76,77)78)115-42-26(7)104-57(49(45(42)95-12)119-127(85,86)87)111-37-21(2)33(63-10)52(98-15)107-29(37)16-99-122(70,71)72/h20-59,63H,16-19H2,1-15H3,(H,70,71,72)(H,73,74,75)(H,76,77,78)(H,79,80,81)(H,82,83,84)(H,85,86,87)(H,88,89,90)(H,91,92,93)/t20-,21-,22-,23-,24-,25?,26?,27?,28?,29?,30?,31?,32?,33?,34?,35?,36?,37+,38+,39+,40+,41-,42-,43-,44-,45-,46-,47-,48?,49?,50?,51?,52+,53-,54-,55+,56+,57+,58+,59+/m1/s1. The third-order valence-electron chi connectivity index (χ3n) is 22.2. The number of hydrogen-bond acceptors (Lipinski definition) is 48. The van der Waals surface area contributed by atoms with Gasteiger partial charge in [-0.05, 0) is 69.1 Å². The van der Waals surface area contributed by atoms with Gasteiger partial charge in [-0.15, -0.1) is 0 Å². The lowest BCUT2D eigenvalue weighted by Crippen LogP contribution is -2.67. The fraction of sp³-hybridized carbons (Fsp3) is 1.00. The zero-order valence-electron chi connectivity index (χ0n) is 70.3. The first-order chi connectivity index (χ1) is 59.7. The highest BCUT2D eigenvalue weighted by molar-refractivity contribution is 7.82. The van der Waals surface area contributed by atoms with Crippen molar-refractivity contribution < 1.29 is 232 Å². The lowest BCUT2D eigenvalue weighted by molar-refractivity contribution is -0.376. The van der Waals surface area contributed by atoms with E-state index < -0.39 is 354 Å². The van der Waals surface area contributed by atoms with E-state index in [1.807, 2.05) is 0 Å². The summed E-state index contributed by atoms with van der Waals surface area (Å²) < 4.78 is 440. The number of ether oxygens (including phenoxy) is 20. The number of rotatable bonds is 43. The average Bonchev–Trinajstić information content (AvgIpc) is 0.752. The van der Waals surface area contributed by atoms with Crippen LogP contribution in [0.5, 0.6) is 0 Å². The molecule has 8 heterocycles. The molecular formula is C59H102N10O52S8. The molecule has 0 aromatic carbocycles. The van der Waals surface area contributed by atoms with E-state index in [9.17, 15) is 120 Å². The van der Waals surface area contributed by atoms with Gasteiger partial charge in [-0.3, -0.25) is 36.4 Å². The first-order valence-electron chi connectivity index (χ1n) is 38.1. The molecule has 40 atom stereocenters. The van der Waals surface area contributed by atoms with Crippen LogP contribution in [0.1, 0.15) is 62.3 Å². The van der Waals surface area contributed by atoms with Crippen molar-refractivity contribution in [1.29, 1.82) is 0 Å². The fourth-order valence-corrected chi connectivity index (χ4v) is 19.5. The Hall–Kier alpha value is -3.95. The molecule has 0 aromatic heterocycles. The van der Waals surface area contributed by atoms with Crippen LogP contribution >= 0.6 is 0 Å². The average molecular weight is 2040 g/mol. The molecule has 8 saturated heterocycles. The third kappa shape index (κ3) is 29.8. The molecule has 0 spiro atoms. The summed E-state index contributed by atoms with van der Waals surface area (Å²) in [5.41, 5.74) is 30.3. The maximum atomic E-state index is 13.1. The van der Waals surface area contributed by atoms with Crippen molar-refractivity contribution in [3.63, 3.8) is 0 Å². The first-order valence-corrected chi connectivity index (χ1v) is 49.0. The molecule has 8 aliphatic rings. The van der Waals surface area contributed by atoms with Crippen LogP contribution in [-0.4, -0.2) is 388 Å². The Balaban J connectivity index is 1.08. The third-order valence-corrected chi connectivity index (χ3v) is 25.8. The molecule has 0 saturated carbocycles. The minimum absolute atomic E-state index is 0.680. The number of azide groups is 3. The Bertz CT molecular complexity index is 4850. The van der Waals surface area contributed by atoms with Crippen LogP contribution in [0.15, 0.2) is 15.3 Å². The van der Waals surface area contributed by atoms with Crippen molar-refractivity contribution in [2.45, 2.75) is 277 Å². The van der Waals surface area contributed by atoms with Gasteiger partial charge in [-0.1, -0.05) is 50.0 Å². The van der Waals surface area contributed by atoms with Crippen molar-refractivity contribution in [2.24, 2.45) is 44.9 Å². The lowest BCUT2D eigenvalue weighted by Gasteiger charge is -2.52. The molecule has 9 N–H and O–H groups in total. The summed E-state index contributed by atoms with van der Waals surface area (Å²) in [5, 5.41) is 14.3. The Morgan fingerprint density at radius 1 is 0.271 bits per heavy atom. The van der Waals surface area contributed by atoms with Gasteiger partial charge < -0.3 is 100 Å². The zero-order valence-corrected chi connectivity index (χ0v) is 76.8. The summed E-state index contributed by atoms with van der Waals surface area (Å²) in [7, 11) is -37.5. The molecule has 8 fully saturated rings. The molecule has 8 aliphatic heterocycles. The van der Waals surface area contributed by atoms with E-state index in [-0.39, 0.29) is 0 Å². The van der Waals surface area contributed by atoms with E-state index in [0.29, 0.717) is 0 Å². The van der Waals surface area contributed by atoms with Gasteiger partial charge >= 0.3 is 83.2 Å². The molecule has 0 aliphatic carbocycles. The summed E-state index contributed by atoms with van der Waals surface area (Å²) in [6, 6.07) is -6.20. The number of nitrogens with zero attached hydrogens (tertiary/aromatic N) is 9. The van der Waals surface area contributed by atoms with E-state index in [4.69, 9.17) is 120 Å². The van der Waals surface area contributed by atoms with E-state index >= 15 is 0 Å². The van der Waals surface area contributed by atoms with Crippen LogP contribution in [0, 0.1) is 29.6 Å². The van der Waals surface area contributed by atoms with Gasteiger partial charge in [0.1, 0.15) is 61.0 Å². The van der Waals surface area contributed by atoms with Gasteiger partial charge in [-0.2, -0.15) is 67.3 Å². The normalized spacial score (nSPS) is 41.4. The Kier molecular flexibility index (Phi) is 39.0. The van der Waals surface area contributed by atoms with Crippen LogP contribution in [0.4, 0.5) is 0 Å². The maximum Gasteiger partial charge on any atom is 0.397 e. The first kappa shape index (κ1) is 110. The molecule has 8 rings (SSSR count). The van der Waals surface area contributed by atoms with Gasteiger partial charge in [0.2, 0.25) is 0 Å². The summed E-state index contributed by atoms with van der Waals surface area (Å²) in [4.78, 5) is 8.61. The second-order valence-corrected chi connectivity index (χ2v) is 38.8. The van der Waals surface area contributed by atoms with Crippen molar-refractivity contribution >= 4 is 83.2 Å². The molecule has 129 heavy (non-hydrogen) atoms. The summed E-state index contributed by atoms with van der Waals surface area (Å²) >= 11 is 0. The largest absolute Gasteiger partial charge is 0.397 e. The van der Waals surface area contributed by atoms with Crippen LogP contribution in [0.2, 0.25) is 0 Å². The highest BCUT2D eigenvalue weighted by Crippen LogP contribution is 2.46. The predicted molar refractivity (Wildman–Crippen MR) is 409 cm³/mol. The quantitative estimate of drug-likeness (QED) is 0.0139. The van der Waals surface area contributed by atoms with Crippen molar-refractivity contribution in [2.75, 3.05) is 69.0 Å².